The number of ether oxygens (including phenoxy) is 1. The smallest absolute Gasteiger partial charge is 0.127 e. The van der Waals surface area contributed by atoms with E-state index in [4.69, 9.17) is 4.74 Å². The molecule has 3 heterocycles. The number of hydrogen-bond donors (Lipinski definition) is 0. The van der Waals surface area contributed by atoms with Gasteiger partial charge in [-0.2, -0.15) is 0 Å². The number of aryl methyl sites for hydroxylation is 1. The minimum atomic E-state index is -0.115. The number of hydrogen-bond acceptors (Lipinski definition) is 4. The Labute approximate surface area is 215 Å². The Morgan fingerprint density at radius 3 is 2.42 bits per heavy atom. The highest BCUT2D eigenvalue weighted by Gasteiger charge is 2.36. The molecule has 0 unspecified atom stereocenters. The molecule has 2 aliphatic heterocycles. The highest BCUT2D eigenvalue weighted by atomic mass is 19.1. The Bertz CT molecular complexity index is 1100. The van der Waals surface area contributed by atoms with Crippen LogP contribution in [0.15, 0.2) is 73.1 Å². The van der Waals surface area contributed by atoms with Gasteiger partial charge in [-0.05, 0) is 86.0 Å². The SMILES string of the molecule is Fc1ccccc1CN1CCOc2ccccc2CCCCC2(CCN(Cc3ccncc3)CC2)C1. The molecule has 0 radical (unpaired) electrons. The Kier molecular flexibility index (Phi) is 8.29. The summed E-state index contributed by atoms with van der Waals surface area (Å²) < 4.78 is 20.9. The van der Waals surface area contributed by atoms with Crippen LogP contribution in [-0.4, -0.2) is 47.6 Å². The molecule has 1 saturated heterocycles. The number of nitrogens with zero attached hydrogens (tertiary/aromatic N) is 3. The number of benzene rings is 2. The van der Waals surface area contributed by atoms with Gasteiger partial charge in [-0.15, -0.1) is 0 Å². The molecule has 3 aromatic rings. The molecule has 36 heavy (non-hydrogen) atoms. The van der Waals surface area contributed by atoms with Crippen molar-refractivity contribution in [3.05, 3.63) is 95.6 Å². The fourth-order valence-corrected chi connectivity index (χ4v) is 5.93. The number of likely N-dealkylation sites (tertiary alicyclic amines) is 1. The van der Waals surface area contributed by atoms with Crippen molar-refractivity contribution in [3.63, 3.8) is 0 Å². The van der Waals surface area contributed by atoms with Crippen LogP contribution >= 0.6 is 0 Å². The van der Waals surface area contributed by atoms with E-state index in [0.29, 0.717) is 13.2 Å². The molecule has 1 aromatic heterocycles. The molecular weight excluding hydrogens is 449 g/mol. The van der Waals surface area contributed by atoms with Crippen LogP contribution in [0.1, 0.15) is 48.8 Å². The summed E-state index contributed by atoms with van der Waals surface area (Å²) in [4.78, 5) is 9.19. The van der Waals surface area contributed by atoms with Crippen molar-refractivity contribution >= 4 is 0 Å². The third-order valence-corrected chi connectivity index (χ3v) is 8.02. The lowest BCUT2D eigenvalue weighted by molar-refractivity contribution is 0.0406. The van der Waals surface area contributed by atoms with Crippen molar-refractivity contribution < 1.29 is 9.13 Å². The molecule has 1 fully saturated rings. The Morgan fingerprint density at radius 1 is 0.806 bits per heavy atom. The topological polar surface area (TPSA) is 28.6 Å². The van der Waals surface area contributed by atoms with E-state index in [-0.39, 0.29) is 11.2 Å². The van der Waals surface area contributed by atoms with E-state index in [2.05, 4.69) is 51.2 Å². The third-order valence-electron chi connectivity index (χ3n) is 8.02. The summed E-state index contributed by atoms with van der Waals surface area (Å²) in [7, 11) is 0. The monoisotopic (exact) mass is 487 g/mol. The van der Waals surface area contributed by atoms with Crippen LogP contribution in [0.25, 0.3) is 0 Å². The average Bonchev–Trinajstić information content (AvgIpc) is 2.90. The normalized spacial score (nSPS) is 19.6. The molecule has 0 N–H and O–H groups in total. The minimum absolute atomic E-state index is 0.115. The first kappa shape index (κ1) is 24.9. The molecule has 0 amide bonds. The van der Waals surface area contributed by atoms with Crippen molar-refractivity contribution in [2.75, 3.05) is 32.8 Å². The summed E-state index contributed by atoms with van der Waals surface area (Å²) in [5, 5.41) is 0. The maximum absolute atomic E-state index is 14.6. The largest absolute Gasteiger partial charge is 0.492 e. The van der Waals surface area contributed by atoms with Crippen LogP contribution in [0.4, 0.5) is 4.39 Å². The number of pyridine rings is 1. The van der Waals surface area contributed by atoms with Gasteiger partial charge in [0.15, 0.2) is 0 Å². The van der Waals surface area contributed by atoms with E-state index < -0.39 is 0 Å². The van der Waals surface area contributed by atoms with Gasteiger partial charge in [0.05, 0.1) is 0 Å². The predicted molar refractivity (Wildman–Crippen MR) is 142 cm³/mol. The molecule has 4 nitrogen and oxygen atoms in total. The highest BCUT2D eigenvalue weighted by molar-refractivity contribution is 5.33. The zero-order valence-corrected chi connectivity index (χ0v) is 21.2. The zero-order valence-electron chi connectivity index (χ0n) is 21.2. The van der Waals surface area contributed by atoms with Gasteiger partial charge < -0.3 is 4.74 Å². The van der Waals surface area contributed by atoms with Crippen LogP contribution in [0.5, 0.6) is 5.75 Å². The first-order valence-electron chi connectivity index (χ1n) is 13.5. The van der Waals surface area contributed by atoms with Crippen molar-refractivity contribution in [3.8, 4) is 5.75 Å². The van der Waals surface area contributed by atoms with Crippen LogP contribution in [0, 0.1) is 11.2 Å². The first-order valence-corrected chi connectivity index (χ1v) is 13.5. The molecule has 2 aromatic carbocycles. The van der Waals surface area contributed by atoms with Crippen molar-refractivity contribution in [2.24, 2.45) is 5.41 Å². The molecule has 1 spiro atoms. The number of para-hydroxylation sites is 1. The lowest BCUT2D eigenvalue weighted by atomic mass is 9.73. The van der Waals surface area contributed by atoms with E-state index >= 15 is 0 Å². The second-order valence-electron chi connectivity index (χ2n) is 10.6. The molecule has 2 aliphatic rings. The molecule has 0 saturated carbocycles. The molecule has 5 rings (SSSR count). The van der Waals surface area contributed by atoms with Crippen LogP contribution in [0.2, 0.25) is 0 Å². The molecule has 0 atom stereocenters. The number of rotatable bonds is 4. The number of aromatic nitrogens is 1. The fraction of sp³-hybridized carbons (Fsp3) is 0.452. The summed E-state index contributed by atoms with van der Waals surface area (Å²) in [6, 6.07) is 19.9. The van der Waals surface area contributed by atoms with E-state index in [1.54, 1.807) is 12.1 Å². The third kappa shape index (κ3) is 6.51. The number of piperidine rings is 1. The van der Waals surface area contributed by atoms with Crippen LogP contribution in [-0.2, 0) is 19.5 Å². The van der Waals surface area contributed by atoms with Gasteiger partial charge in [0.25, 0.3) is 0 Å². The van der Waals surface area contributed by atoms with Crippen LogP contribution in [0.3, 0.4) is 0 Å². The molecule has 5 heteroatoms. The van der Waals surface area contributed by atoms with Crippen molar-refractivity contribution in [1.82, 2.24) is 14.8 Å². The fourth-order valence-electron chi connectivity index (χ4n) is 5.93. The quantitative estimate of drug-likeness (QED) is 0.444. The summed E-state index contributed by atoms with van der Waals surface area (Å²) in [6.07, 6.45) is 10.8. The van der Waals surface area contributed by atoms with Gasteiger partial charge in [0.2, 0.25) is 0 Å². The molecule has 190 valence electrons. The van der Waals surface area contributed by atoms with E-state index in [0.717, 1.165) is 50.5 Å². The minimum Gasteiger partial charge on any atom is -0.492 e. The van der Waals surface area contributed by atoms with Crippen LogP contribution < -0.4 is 4.74 Å². The molecule has 0 bridgehead atoms. The summed E-state index contributed by atoms with van der Waals surface area (Å²) in [6.45, 7) is 6.24. The van der Waals surface area contributed by atoms with E-state index in [9.17, 15) is 4.39 Å². The second-order valence-corrected chi connectivity index (χ2v) is 10.6. The van der Waals surface area contributed by atoms with Gasteiger partial charge in [-0.25, -0.2) is 4.39 Å². The summed E-state index contributed by atoms with van der Waals surface area (Å²) in [5.41, 5.74) is 3.67. The van der Waals surface area contributed by atoms with Crippen molar-refractivity contribution in [1.29, 1.82) is 0 Å². The highest BCUT2D eigenvalue weighted by Crippen LogP contribution is 2.39. The standard InChI is InChI=1S/C31H38FN3O/c32-29-10-3-1-9-28(29)24-35-21-22-36-30-11-4-2-7-27(30)8-5-6-14-31(25-35)15-19-34(20-16-31)23-26-12-17-33-18-13-26/h1-4,7,9-13,17-18H,5-6,8,14-16,19-25H2. The lowest BCUT2D eigenvalue weighted by Crippen LogP contribution is -2.47. The Balaban J connectivity index is 1.32. The Hall–Kier alpha value is -2.76. The number of halogens is 1. The summed E-state index contributed by atoms with van der Waals surface area (Å²) in [5.74, 6) is 0.888. The van der Waals surface area contributed by atoms with Gasteiger partial charge in [0, 0.05) is 44.1 Å². The van der Waals surface area contributed by atoms with Crippen molar-refractivity contribution in [2.45, 2.75) is 51.6 Å². The molecular formula is C31H38FN3O. The Morgan fingerprint density at radius 2 is 1.58 bits per heavy atom. The van der Waals surface area contributed by atoms with Gasteiger partial charge >= 0.3 is 0 Å². The maximum Gasteiger partial charge on any atom is 0.127 e. The lowest BCUT2D eigenvalue weighted by Gasteiger charge is -2.45. The van der Waals surface area contributed by atoms with E-state index in [1.165, 1.54) is 43.2 Å². The molecule has 0 aliphatic carbocycles. The van der Waals surface area contributed by atoms with Gasteiger partial charge in [0.1, 0.15) is 18.2 Å². The predicted octanol–water partition coefficient (Wildman–Crippen LogP) is 6.11. The number of fused-ring (bicyclic) bond motifs is 1. The van der Waals surface area contributed by atoms with Gasteiger partial charge in [-0.1, -0.05) is 42.8 Å². The average molecular weight is 488 g/mol. The maximum atomic E-state index is 14.6. The second kappa shape index (κ2) is 12.0. The zero-order chi connectivity index (χ0) is 24.6. The first-order chi connectivity index (χ1) is 17.7. The van der Waals surface area contributed by atoms with E-state index in [1.807, 2.05) is 24.5 Å². The van der Waals surface area contributed by atoms with Gasteiger partial charge in [-0.3, -0.25) is 14.8 Å². The summed E-state index contributed by atoms with van der Waals surface area (Å²) >= 11 is 0.